The second-order valence-corrected chi connectivity index (χ2v) is 11.7. The average molecular weight is 459 g/mol. The second kappa shape index (κ2) is 7.95. The number of fused-ring (bicyclic) bond motifs is 1. The summed E-state index contributed by atoms with van der Waals surface area (Å²) in [5.41, 5.74) is 7.93. The molecular weight excluding hydrogens is 424 g/mol. The van der Waals surface area contributed by atoms with E-state index < -0.39 is 0 Å². The molecule has 4 bridgehead atoms. The van der Waals surface area contributed by atoms with Crippen LogP contribution in [0.3, 0.4) is 0 Å². The van der Waals surface area contributed by atoms with E-state index in [1.54, 1.807) is 5.56 Å². The molecule has 0 N–H and O–H groups in total. The molecular formula is C33H34N2. The lowest BCUT2D eigenvalue weighted by Crippen LogP contribution is -2.48. The van der Waals surface area contributed by atoms with Crippen LogP contribution in [0.1, 0.15) is 61.0 Å². The quantitative estimate of drug-likeness (QED) is 0.273. The van der Waals surface area contributed by atoms with Gasteiger partial charge in [-0.2, -0.15) is 0 Å². The van der Waals surface area contributed by atoms with E-state index >= 15 is 0 Å². The van der Waals surface area contributed by atoms with E-state index in [-0.39, 0.29) is 0 Å². The fourth-order valence-corrected chi connectivity index (χ4v) is 8.14. The topological polar surface area (TPSA) is 17.3 Å². The van der Waals surface area contributed by atoms with Crippen LogP contribution in [0.5, 0.6) is 0 Å². The molecule has 4 saturated carbocycles. The van der Waals surface area contributed by atoms with E-state index in [2.05, 4.69) is 91.2 Å². The van der Waals surface area contributed by atoms with Gasteiger partial charge >= 0.3 is 0 Å². The molecule has 4 fully saturated rings. The largest absolute Gasteiger partial charge is 0.318 e. The Morgan fingerprint density at radius 2 is 1.43 bits per heavy atom. The second-order valence-electron chi connectivity index (χ2n) is 11.7. The Labute approximate surface area is 208 Å². The molecule has 0 spiro atoms. The van der Waals surface area contributed by atoms with E-state index in [4.69, 9.17) is 4.99 Å². The Morgan fingerprint density at radius 3 is 2.11 bits per heavy atom. The minimum absolute atomic E-state index is 0.460. The van der Waals surface area contributed by atoms with Crippen LogP contribution in [0, 0.1) is 31.6 Å². The van der Waals surface area contributed by atoms with Gasteiger partial charge in [0.25, 0.3) is 0 Å². The van der Waals surface area contributed by atoms with Crippen molar-refractivity contribution >= 4 is 22.7 Å². The molecule has 2 nitrogen and oxygen atoms in total. The molecule has 4 aliphatic rings. The summed E-state index contributed by atoms with van der Waals surface area (Å²) in [6, 6.07) is 26.8. The third kappa shape index (κ3) is 3.57. The van der Waals surface area contributed by atoms with Gasteiger partial charge in [0.2, 0.25) is 0 Å². The van der Waals surface area contributed by atoms with Gasteiger partial charge in [-0.1, -0.05) is 42.5 Å². The van der Waals surface area contributed by atoms with Crippen molar-refractivity contribution in [1.82, 2.24) is 4.57 Å². The Kier molecular flexibility index (Phi) is 4.81. The number of aryl methyl sites for hydroxylation is 1. The van der Waals surface area contributed by atoms with Crippen LogP contribution >= 0.6 is 0 Å². The maximum Gasteiger partial charge on any atom is 0.0630 e. The summed E-state index contributed by atoms with van der Waals surface area (Å²) in [7, 11) is 0. The van der Waals surface area contributed by atoms with Gasteiger partial charge in [0.15, 0.2) is 0 Å². The molecule has 0 atom stereocenters. The van der Waals surface area contributed by atoms with Gasteiger partial charge in [-0.15, -0.1) is 0 Å². The zero-order chi connectivity index (χ0) is 23.6. The highest BCUT2D eigenvalue weighted by molar-refractivity contribution is 5.86. The number of benzene rings is 3. The Hall–Kier alpha value is -3.13. The third-order valence-corrected chi connectivity index (χ3v) is 9.33. The fourth-order valence-electron chi connectivity index (χ4n) is 8.14. The maximum atomic E-state index is 4.88. The highest BCUT2D eigenvalue weighted by Crippen LogP contribution is 2.60. The van der Waals surface area contributed by atoms with Crippen LogP contribution < -0.4 is 0 Å². The number of hydrogen-bond donors (Lipinski definition) is 0. The van der Waals surface area contributed by atoms with E-state index in [1.807, 2.05) is 6.21 Å². The van der Waals surface area contributed by atoms with Crippen molar-refractivity contribution in [2.24, 2.45) is 22.7 Å². The number of aliphatic imine (C=N–C) groups is 1. The number of rotatable bonds is 4. The molecule has 3 aromatic carbocycles. The minimum Gasteiger partial charge on any atom is -0.318 e. The van der Waals surface area contributed by atoms with Crippen LogP contribution in [-0.2, 0) is 5.41 Å². The van der Waals surface area contributed by atoms with E-state index in [0.717, 1.165) is 23.4 Å². The molecule has 35 heavy (non-hydrogen) atoms. The lowest BCUT2D eigenvalue weighted by molar-refractivity contribution is -0.00518. The first-order valence-corrected chi connectivity index (χ1v) is 13.4. The van der Waals surface area contributed by atoms with E-state index in [1.165, 1.54) is 71.9 Å². The van der Waals surface area contributed by atoms with Crippen LogP contribution in [-0.4, -0.2) is 10.8 Å². The lowest BCUT2D eigenvalue weighted by atomic mass is 9.48. The van der Waals surface area contributed by atoms with Crippen molar-refractivity contribution in [2.45, 2.75) is 57.8 Å². The Bertz CT molecular complexity index is 1400. The predicted octanol–water partition coefficient (Wildman–Crippen LogP) is 8.47. The summed E-state index contributed by atoms with van der Waals surface area (Å²) in [4.78, 5) is 4.88. The van der Waals surface area contributed by atoms with Gasteiger partial charge in [-0.3, -0.25) is 4.99 Å². The van der Waals surface area contributed by atoms with Gasteiger partial charge in [0, 0.05) is 28.9 Å². The summed E-state index contributed by atoms with van der Waals surface area (Å²) in [6.07, 6.45) is 10.8. The molecule has 8 rings (SSSR count). The molecule has 0 amide bonds. The first kappa shape index (κ1) is 21.2. The van der Waals surface area contributed by atoms with Crippen LogP contribution in [0.2, 0.25) is 0 Å². The van der Waals surface area contributed by atoms with Crippen molar-refractivity contribution < 1.29 is 0 Å². The molecule has 4 aromatic rings. The van der Waals surface area contributed by atoms with Crippen LogP contribution in [0.25, 0.3) is 16.5 Å². The Morgan fingerprint density at radius 1 is 0.771 bits per heavy atom. The fraction of sp³-hybridized carbons (Fsp3) is 0.364. The lowest BCUT2D eigenvalue weighted by Gasteiger charge is -2.57. The van der Waals surface area contributed by atoms with E-state index in [9.17, 15) is 0 Å². The monoisotopic (exact) mass is 458 g/mol. The summed E-state index contributed by atoms with van der Waals surface area (Å²) < 4.78 is 2.34. The normalized spacial score (nSPS) is 27.3. The van der Waals surface area contributed by atoms with Crippen molar-refractivity contribution in [3.8, 4) is 5.69 Å². The number of nitrogens with zero attached hydrogens (tertiary/aromatic N) is 2. The molecule has 0 radical (unpaired) electrons. The summed E-state index contributed by atoms with van der Waals surface area (Å²) in [5, 5.41) is 2.55. The van der Waals surface area contributed by atoms with Crippen molar-refractivity contribution in [3.63, 3.8) is 0 Å². The summed E-state index contributed by atoms with van der Waals surface area (Å²) in [6.45, 7) is 4.37. The van der Waals surface area contributed by atoms with Crippen molar-refractivity contribution in [1.29, 1.82) is 0 Å². The van der Waals surface area contributed by atoms with Gasteiger partial charge in [0.1, 0.15) is 0 Å². The molecule has 176 valence electrons. The Balaban J connectivity index is 1.14. The molecule has 1 aromatic heterocycles. The smallest absolute Gasteiger partial charge is 0.0630 e. The highest BCUT2D eigenvalue weighted by Gasteiger charge is 2.51. The van der Waals surface area contributed by atoms with Gasteiger partial charge in [0.05, 0.1) is 5.69 Å². The molecule has 0 aliphatic heterocycles. The standard InChI is InChI=1S/C33H34N2/c1-22-13-29(23(2)35(22)32-12-7-27-5-3-4-6-28(27)17-32)21-34-31-10-8-30(9-11-31)33-18-24-14-25(19-33)16-26(15-24)20-33/h3-13,17,21,24-26H,14-16,18-20H2,1-2H3. The molecule has 4 aliphatic carbocycles. The van der Waals surface area contributed by atoms with Gasteiger partial charge < -0.3 is 4.57 Å². The summed E-state index contributed by atoms with van der Waals surface area (Å²) in [5.74, 6) is 2.95. The van der Waals surface area contributed by atoms with Gasteiger partial charge in [-0.05, 0) is 122 Å². The zero-order valence-electron chi connectivity index (χ0n) is 20.9. The van der Waals surface area contributed by atoms with Crippen molar-refractivity contribution in [2.75, 3.05) is 0 Å². The van der Waals surface area contributed by atoms with E-state index in [0.29, 0.717) is 5.41 Å². The first-order valence-electron chi connectivity index (χ1n) is 13.4. The predicted molar refractivity (Wildman–Crippen MR) is 146 cm³/mol. The summed E-state index contributed by atoms with van der Waals surface area (Å²) >= 11 is 0. The SMILES string of the molecule is Cc1cc(C=Nc2ccc(C34CC5CC(CC(C5)C3)C4)cc2)c(C)n1-c1ccc2ccccc2c1. The first-order chi connectivity index (χ1) is 17.1. The third-order valence-electron chi connectivity index (χ3n) is 9.33. The van der Waals surface area contributed by atoms with Gasteiger partial charge in [-0.25, -0.2) is 0 Å². The minimum atomic E-state index is 0.460. The molecule has 2 heteroatoms. The molecule has 1 heterocycles. The van der Waals surface area contributed by atoms with Crippen molar-refractivity contribution in [3.05, 3.63) is 95.3 Å². The maximum absolute atomic E-state index is 4.88. The molecule has 0 saturated heterocycles. The zero-order valence-corrected chi connectivity index (χ0v) is 20.9. The average Bonchev–Trinajstić information content (AvgIpc) is 3.14. The highest BCUT2D eigenvalue weighted by atomic mass is 15.0. The molecule has 0 unspecified atom stereocenters. The van der Waals surface area contributed by atoms with Crippen LogP contribution in [0.15, 0.2) is 77.8 Å². The number of hydrogen-bond acceptors (Lipinski definition) is 1. The van der Waals surface area contributed by atoms with Crippen LogP contribution in [0.4, 0.5) is 5.69 Å². The number of aromatic nitrogens is 1.